The average molecular weight is 193 g/mol. The van der Waals surface area contributed by atoms with Crippen LogP contribution in [0.3, 0.4) is 0 Å². The SMILES string of the molecule is [2H]C1[C@H]2C3c4cccc5cccc(c45)C3[C@@H]12. The molecule has 2 saturated carbocycles. The summed E-state index contributed by atoms with van der Waals surface area (Å²) in [5.74, 6) is 2.74. The monoisotopic (exact) mass is 193 g/mol. The van der Waals surface area contributed by atoms with Gasteiger partial charge in [-0.2, -0.15) is 0 Å². The van der Waals surface area contributed by atoms with Crippen molar-refractivity contribution in [2.75, 3.05) is 0 Å². The van der Waals surface area contributed by atoms with Gasteiger partial charge in [-0.25, -0.2) is 0 Å². The Kier molecular flexibility index (Phi) is 0.830. The summed E-state index contributed by atoms with van der Waals surface area (Å²) < 4.78 is 8.00. The topological polar surface area (TPSA) is 0 Å². The largest absolute Gasteiger partial charge is 0.0613 e. The van der Waals surface area contributed by atoms with E-state index in [1.807, 2.05) is 0 Å². The fourth-order valence-electron chi connectivity index (χ4n) is 4.00. The predicted octanol–water partition coefficient (Wildman–Crippen LogP) is 3.67. The van der Waals surface area contributed by atoms with Crippen LogP contribution in [-0.4, -0.2) is 0 Å². The molecule has 0 aromatic heterocycles. The van der Waals surface area contributed by atoms with Crippen LogP contribution in [0.5, 0.6) is 0 Å². The molecule has 0 amide bonds. The first-order valence-electron chi connectivity index (χ1n) is 6.39. The Labute approximate surface area is 90.3 Å². The van der Waals surface area contributed by atoms with Gasteiger partial charge in [0.2, 0.25) is 0 Å². The van der Waals surface area contributed by atoms with Crippen LogP contribution in [0.25, 0.3) is 10.8 Å². The third-order valence-electron chi connectivity index (χ3n) is 4.65. The van der Waals surface area contributed by atoms with Gasteiger partial charge in [-0.1, -0.05) is 36.4 Å². The fraction of sp³-hybridized carbons (Fsp3) is 0.333. The van der Waals surface area contributed by atoms with E-state index in [1.165, 1.54) is 21.9 Å². The van der Waals surface area contributed by atoms with Crippen molar-refractivity contribution in [3.8, 4) is 0 Å². The maximum absolute atomic E-state index is 8.00. The molecule has 0 spiro atoms. The summed E-state index contributed by atoms with van der Waals surface area (Å²) in [4.78, 5) is 0. The normalized spacial score (nSPS) is 44.3. The van der Waals surface area contributed by atoms with Gasteiger partial charge >= 0.3 is 0 Å². The van der Waals surface area contributed by atoms with Crippen LogP contribution in [0, 0.1) is 11.8 Å². The highest BCUT2D eigenvalue weighted by Crippen LogP contribution is 2.75. The first-order valence-corrected chi connectivity index (χ1v) is 5.82. The van der Waals surface area contributed by atoms with Crippen LogP contribution >= 0.6 is 0 Å². The van der Waals surface area contributed by atoms with E-state index >= 15 is 0 Å². The van der Waals surface area contributed by atoms with Gasteiger partial charge in [-0.05, 0) is 52.0 Å². The van der Waals surface area contributed by atoms with Crippen molar-refractivity contribution in [1.82, 2.24) is 0 Å². The Morgan fingerprint density at radius 3 is 2.13 bits per heavy atom. The summed E-state index contributed by atoms with van der Waals surface area (Å²) in [5, 5.41) is 2.91. The van der Waals surface area contributed by atoms with Crippen LogP contribution in [0.4, 0.5) is 0 Å². The van der Waals surface area contributed by atoms with E-state index in [1.54, 1.807) is 0 Å². The molecular formula is C15H12. The maximum Gasteiger partial charge on any atom is 0.0273 e. The van der Waals surface area contributed by atoms with E-state index in [0.717, 1.165) is 0 Å². The molecule has 0 saturated heterocycles. The molecule has 5 atom stereocenters. The van der Waals surface area contributed by atoms with Gasteiger partial charge in [0, 0.05) is 1.37 Å². The lowest BCUT2D eigenvalue weighted by Crippen LogP contribution is -2.20. The van der Waals surface area contributed by atoms with E-state index in [-0.39, 0.29) is 6.40 Å². The van der Waals surface area contributed by atoms with Crippen molar-refractivity contribution in [1.29, 1.82) is 0 Å². The van der Waals surface area contributed by atoms with Crippen molar-refractivity contribution in [3.05, 3.63) is 47.5 Å². The molecule has 0 aliphatic heterocycles. The number of hydrogen-bond donors (Lipinski definition) is 0. The van der Waals surface area contributed by atoms with Gasteiger partial charge in [0.05, 0.1) is 0 Å². The lowest BCUT2D eigenvalue weighted by atomic mass is 9.72. The van der Waals surface area contributed by atoms with Gasteiger partial charge in [0.15, 0.2) is 0 Å². The number of hydrogen-bond acceptors (Lipinski definition) is 0. The van der Waals surface area contributed by atoms with E-state index in [0.29, 0.717) is 23.7 Å². The van der Waals surface area contributed by atoms with Crippen molar-refractivity contribution in [2.24, 2.45) is 11.8 Å². The first-order chi connectivity index (χ1) is 7.88. The van der Waals surface area contributed by atoms with E-state index < -0.39 is 0 Å². The minimum absolute atomic E-state index is 0.235. The highest BCUT2D eigenvalue weighted by molar-refractivity contribution is 5.93. The second-order valence-electron chi connectivity index (χ2n) is 5.19. The van der Waals surface area contributed by atoms with Crippen LogP contribution in [-0.2, 0) is 0 Å². The average Bonchev–Trinajstić information content (AvgIpc) is 2.72. The summed E-state index contributed by atoms with van der Waals surface area (Å²) in [6, 6.07) is 13.4. The zero-order valence-corrected chi connectivity index (χ0v) is 8.35. The van der Waals surface area contributed by atoms with Gasteiger partial charge in [0.25, 0.3) is 0 Å². The molecule has 0 N–H and O–H groups in total. The summed E-state index contributed by atoms with van der Waals surface area (Å²) in [6.07, 6.45) is 0.235. The molecule has 15 heavy (non-hydrogen) atoms. The number of rotatable bonds is 0. The van der Waals surface area contributed by atoms with E-state index in [2.05, 4.69) is 36.4 Å². The smallest absolute Gasteiger partial charge is 0.0273 e. The standard InChI is InChI=1S/C15H12/c1-3-8-4-2-6-10-13(8)9(5-1)14-11-7-12(11)15(10)14/h1-6,11-12,14-15H,7H2/t11-,12+,14?,15?/i7D/t7?,11-,12+,14?,15?. The molecule has 3 aliphatic rings. The summed E-state index contributed by atoms with van der Waals surface area (Å²) >= 11 is 0. The highest BCUT2D eigenvalue weighted by Gasteiger charge is 2.64. The minimum atomic E-state index is 0.235. The third-order valence-corrected chi connectivity index (χ3v) is 4.65. The predicted molar refractivity (Wildman–Crippen MR) is 61.0 cm³/mol. The molecule has 72 valence electrons. The number of fused-ring (bicyclic) bond motifs is 6. The summed E-state index contributed by atoms with van der Waals surface area (Å²) in [7, 11) is 0. The van der Waals surface area contributed by atoms with E-state index in [9.17, 15) is 0 Å². The molecule has 2 aromatic carbocycles. The van der Waals surface area contributed by atoms with Crippen LogP contribution in [0.15, 0.2) is 36.4 Å². The van der Waals surface area contributed by atoms with Crippen LogP contribution in [0.1, 0.15) is 30.7 Å². The Morgan fingerprint density at radius 1 is 0.933 bits per heavy atom. The Bertz CT molecular complexity index is 580. The van der Waals surface area contributed by atoms with Gasteiger partial charge in [0.1, 0.15) is 0 Å². The van der Waals surface area contributed by atoms with Crippen LogP contribution < -0.4 is 0 Å². The minimum Gasteiger partial charge on any atom is -0.0613 e. The molecule has 0 heterocycles. The van der Waals surface area contributed by atoms with Crippen molar-refractivity contribution in [3.63, 3.8) is 0 Å². The molecule has 5 rings (SSSR count). The molecule has 0 bridgehead atoms. The van der Waals surface area contributed by atoms with Crippen LogP contribution in [0.2, 0.25) is 0 Å². The lowest BCUT2D eigenvalue weighted by molar-refractivity contribution is 0.334. The Hall–Kier alpha value is -1.30. The van der Waals surface area contributed by atoms with Crippen molar-refractivity contribution < 1.29 is 1.37 Å². The molecule has 2 aromatic rings. The molecule has 3 unspecified atom stereocenters. The second-order valence-corrected chi connectivity index (χ2v) is 5.19. The number of benzene rings is 2. The lowest BCUT2D eigenvalue weighted by Gasteiger charge is -2.31. The molecule has 0 radical (unpaired) electrons. The second kappa shape index (κ2) is 1.97. The third kappa shape index (κ3) is 0.613. The molecule has 2 fully saturated rings. The van der Waals surface area contributed by atoms with Gasteiger partial charge in [-0.15, -0.1) is 0 Å². The zero-order chi connectivity index (χ0) is 10.4. The molecule has 0 heteroatoms. The van der Waals surface area contributed by atoms with Crippen molar-refractivity contribution >= 4 is 10.8 Å². The zero-order valence-electron chi connectivity index (χ0n) is 9.35. The summed E-state index contributed by atoms with van der Waals surface area (Å²) in [6.45, 7) is 0. The Morgan fingerprint density at radius 2 is 1.53 bits per heavy atom. The van der Waals surface area contributed by atoms with Crippen molar-refractivity contribution in [2.45, 2.75) is 18.2 Å². The quantitative estimate of drug-likeness (QED) is 0.599. The first kappa shape index (κ1) is 6.32. The molecule has 3 aliphatic carbocycles. The Balaban J connectivity index is 1.89. The summed E-state index contributed by atoms with van der Waals surface area (Å²) in [5.41, 5.74) is 3.07. The fourth-order valence-corrected chi connectivity index (χ4v) is 4.00. The van der Waals surface area contributed by atoms with Gasteiger partial charge in [-0.3, -0.25) is 0 Å². The highest BCUT2D eigenvalue weighted by atomic mass is 14.7. The van der Waals surface area contributed by atoms with E-state index in [4.69, 9.17) is 1.37 Å². The maximum atomic E-state index is 8.00. The van der Waals surface area contributed by atoms with Gasteiger partial charge < -0.3 is 0 Å². The molecule has 0 nitrogen and oxygen atoms in total. The molecular weight excluding hydrogens is 180 g/mol.